The van der Waals surface area contributed by atoms with Crippen LogP contribution in [0.25, 0.3) is 0 Å². The highest BCUT2D eigenvalue weighted by atomic mass is 19.1. The number of ether oxygens (including phenoxy) is 1. The van der Waals surface area contributed by atoms with Crippen LogP contribution < -0.4 is 5.32 Å². The number of halogens is 1. The first-order valence-electron chi connectivity index (χ1n) is 7.74. The molecular formula is C17H28FNO. The third-order valence-electron chi connectivity index (χ3n) is 4.10. The van der Waals surface area contributed by atoms with Crippen molar-refractivity contribution in [2.45, 2.75) is 58.6 Å². The summed E-state index contributed by atoms with van der Waals surface area (Å²) in [5.41, 5.74) is 0.525. The molecule has 0 saturated heterocycles. The van der Waals surface area contributed by atoms with Gasteiger partial charge in [-0.1, -0.05) is 39.0 Å². The molecule has 1 unspecified atom stereocenters. The molecule has 0 amide bonds. The van der Waals surface area contributed by atoms with Crippen molar-refractivity contribution in [1.29, 1.82) is 0 Å². The van der Waals surface area contributed by atoms with Crippen LogP contribution in [0.5, 0.6) is 0 Å². The van der Waals surface area contributed by atoms with Crippen LogP contribution in [0, 0.1) is 5.82 Å². The summed E-state index contributed by atoms with van der Waals surface area (Å²) in [6.45, 7) is 9.92. The zero-order valence-electron chi connectivity index (χ0n) is 13.2. The van der Waals surface area contributed by atoms with Crippen LogP contribution in [0.1, 0.15) is 46.1 Å². The third-order valence-corrected chi connectivity index (χ3v) is 4.10. The van der Waals surface area contributed by atoms with Crippen molar-refractivity contribution < 1.29 is 9.13 Å². The fraction of sp³-hybridized carbons (Fsp3) is 0.647. The molecule has 0 fully saturated rings. The molecule has 1 aromatic rings. The van der Waals surface area contributed by atoms with Crippen molar-refractivity contribution in [1.82, 2.24) is 5.32 Å². The van der Waals surface area contributed by atoms with Gasteiger partial charge in [0.15, 0.2) is 0 Å². The van der Waals surface area contributed by atoms with Gasteiger partial charge in [-0.05, 0) is 44.4 Å². The molecule has 1 N–H and O–H groups in total. The zero-order valence-corrected chi connectivity index (χ0v) is 13.2. The van der Waals surface area contributed by atoms with Gasteiger partial charge in [-0.15, -0.1) is 0 Å². The molecule has 3 heteroatoms. The normalized spacial score (nSPS) is 13.4. The Balaban J connectivity index is 3.00. The molecule has 0 heterocycles. The SMILES string of the molecule is CCNC(Cc1ccccc1F)C(CC)(CC)OCC. The van der Waals surface area contributed by atoms with Crippen LogP contribution in [0.3, 0.4) is 0 Å². The van der Waals surface area contributed by atoms with Crippen molar-refractivity contribution in [2.75, 3.05) is 13.2 Å². The van der Waals surface area contributed by atoms with Crippen molar-refractivity contribution in [2.24, 2.45) is 0 Å². The summed E-state index contributed by atoms with van der Waals surface area (Å²) >= 11 is 0. The number of hydrogen-bond donors (Lipinski definition) is 1. The lowest BCUT2D eigenvalue weighted by Crippen LogP contribution is -2.53. The molecule has 0 saturated carbocycles. The predicted molar refractivity (Wildman–Crippen MR) is 82.5 cm³/mol. The number of rotatable bonds is 9. The lowest BCUT2D eigenvalue weighted by atomic mass is 9.84. The van der Waals surface area contributed by atoms with E-state index in [0.29, 0.717) is 13.0 Å². The Bertz CT molecular complexity index is 390. The van der Waals surface area contributed by atoms with Crippen LogP contribution in [-0.4, -0.2) is 24.8 Å². The maximum absolute atomic E-state index is 13.9. The standard InChI is InChI=1S/C17H28FNO/c1-5-17(6-2,20-8-4)16(19-7-3)13-14-11-9-10-12-15(14)18/h9-12,16,19H,5-8,13H2,1-4H3. The van der Waals surface area contributed by atoms with Crippen molar-refractivity contribution in [3.8, 4) is 0 Å². The smallest absolute Gasteiger partial charge is 0.126 e. The molecule has 2 nitrogen and oxygen atoms in total. The van der Waals surface area contributed by atoms with Gasteiger partial charge in [0.25, 0.3) is 0 Å². The molecule has 114 valence electrons. The molecule has 0 aliphatic rings. The van der Waals surface area contributed by atoms with Gasteiger partial charge in [-0.25, -0.2) is 4.39 Å². The minimum Gasteiger partial charge on any atom is -0.374 e. The van der Waals surface area contributed by atoms with E-state index in [1.807, 2.05) is 19.1 Å². The van der Waals surface area contributed by atoms with Crippen LogP contribution in [0.15, 0.2) is 24.3 Å². The van der Waals surface area contributed by atoms with Crippen molar-refractivity contribution >= 4 is 0 Å². The second kappa shape index (κ2) is 8.38. The zero-order chi connectivity index (χ0) is 15.0. The number of likely N-dealkylation sites (N-methyl/N-ethyl adjacent to an activating group) is 1. The Morgan fingerprint density at radius 2 is 1.80 bits per heavy atom. The lowest BCUT2D eigenvalue weighted by molar-refractivity contribution is -0.0717. The first kappa shape index (κ1) is 17.1. The summed E-state index contributed by atoms with van der Waals surface area (Å²) in [6.07, 6.45) is 2.50. The molecule has 0 spiro atoms. The topological polar surface area (TPSA) is 21.3 Å². The minimum atomic E-state index is -0.229. The molecular weight excluding hydrogens is 253 g/mol. The Kier molecular flexibility index (Phi) is 7.17. The quantitative estimate of drug-likeness (QED) is 0.740. The van der Waals surface area contributed by atoms with Gasteiger partial charge < -0.3 is 10.1 Å². The van der Waals surface area contributed by atoms with Crippen LogP contribution >= 0.6 is 0 Å². The molecule has 0 bridgehead atoms. The number of benzene rings is 1. The average molecular weight is 281 g/mol. The third kappa shape index (κ3) is 4.03. The highest BCUT2D eigenvalue weighted by molar-refractivity contribution is 5.19. The molecule has 1 rings (SSSR count). The Labute approximate surface area is 122 Å². The molecule has 0 aliphatic carbocycles. The van der Waals surface area contributed by atoms with Crippen LogP contribution in [-0.2, 0) is 11.2 Å². The summed E-state index contributed by atoms with van der Waals surface area (Å²) in [4.78, 5) is 0. The van der Waals surface area contributed by atoms with Gasteiger partial charge >= 0.3 is 0 Å². The first-order valence-corrected chi connectivity index (χ1v) is 7.74. The second-order valence-electron chi connectivity index (χ2n) is 5.11. The van der Waals surface area contributed by atoms with E-state index in [0.717, 1.165) is 24.9 Å². The van der Waals surface area contributed by atoms with Crippen LogP contribution in [0.2, 0.25) is 0 Å². The van der Waals surface area contributed by atoms with Gasteiger partial charge in [0.2, 0.25) is 0 Å². The van der Waals surface area contributed by atoms with Gasteiger partial charge in [0.1, 0.15) is 5.82 Å². The first-order chi connectivity index (χ1) is 9.63. The van der Waals surface area contributed by atoms with Gasteiger partial charge in [0.05, 0.1) is 5.60 Å². The molecule has 0 aliphatic heterocycles. The summed E-state index contributed by atoms with van der Waals surface area (Å²) in [7, 11) is 0. The lowest BCUT2D eigenvalue weighted by Gasteiger charge is -2.40. The van der Waals surface area contributed by atoms with E-state index in [-0.39, 0.29) is 17.5 Å². The summed E-state index contributed by atoms with van der Waals surface area (Å²) in [5, 5.41) is 3.49. The summed E-state index contributed by atoms with van der Waals surface area (Å²) in [5.74, 6) is -0.131. The van der Waals surface area contributed by atoms with Crippen molar-refractivity contribution in [3.05, 3.63) is 35.6 Å². The van der Waals surface area contributed by atoms with Gasteiger partial charge in [-0.3, -0.25) is 0 Å². The minimum absolute atomic E-state index is 0.124. The van der Waals surface area contributed by atoms with E-state index >= 15 is 0 Å². The molecule has 1 aromatic carbocycles. The summed E-state index contributed by atoms with van der Waals surface area (Å²) in [6, 6.07) is 7.14. The maximum atomic E-state index is 13.9. The van der Waals surface area contributed by atoms with E-state index < -0.39 is 0 Å². The van der Waals surface area contributed by atoms with E-state index in [1.54, 1.807) is 6.07 Å². The Morgan fingerprint density at radius 3 is 2.30 bits per heavy atom. The molecule has 0 radical (unpaired) electrons. The highest BCUT2D eigenvalue weighted by Gasteiger charge is 2.36. The predicted octanol–water partition coefficient (Wildman–Crippen LogP) is 3.94. The monoisotopic (exact) mass is 281 g/mol. The molecule has 0 aromatic heterocycles. The second-order valence-corrected chi connectivity index (χ2v) is 5.11. The largest absolute Gasteiger partial charge is 0.374 e. The highest BCUT2D eigenvalue weighted by Crippen LogP contribution is 2.28. The van der Waals surface area contributed by atoms with Gasteiger partial charge in [0, 0.05) is 12.6 Å². The van der Waals surface area contributed by atoms with E-state index in [2.05, 4.69) is 26.1 Å². The maximum Gasteiger partial charge on any atom is 0.126 e. The molecule has 20 heavy (non-hydrogen) atoms. The fourth-order valence-electron chi connectivity index (χ4n) is 2.91. The van der Waals surface area contributed by atoms with Crippen LogP contribution in [0.4, 0.5) is 4.39 Å². The average Bonchev–Trinajstić information content (AvgIpc) is 2.47. The fourth-order valence-corrected chi connectivity index (χ4v) is 2.91. The Morgan fingerprint density at radius 1 is 1.15 bits per heavy atom. The Hall–Kier alpha value is -0.930. The van der Waals surface area contributed by atoms with Crippen molar-refractivity contribution in [3.63, 3.8) is 0 Å². The molecule has 1 atom stereocenters. The van der Waals surface area contributed by atoms with Gasteiger partial charge in [-0.2, -0.15) is 0 Å². The number of nitrogens with one attached hydrogen (secondary N) is 1. The van der Waals surface area contributed by atoms with E-state index in [9.17, 15) is 4.39 Å². The van der Waals surface area contributed by atoms with E-state index in [1.165, 1.54) is 6.07 Å². The number of hydrogen-bond acceptors (Lipinski definition) is 2. The summed E-state index contributed by atoms with van der Waals surface area (Å²) < 4.78 is 20.0. The van der Waals surface area contributed by atoms with E-state index in [4.69, 9.17) is 4.74 Å².